The molecule has 0 spiro atoms. The molecule has 1 fully saturated rings. The number of hydrogen-bond acceptors (Lipinski definition) is 6. The summed E-state index contributed by atoms with van der Waals surface area (Å²) in [5.41, 5.74) is 0.194. The quantitative estimate of drug-likeness (QED) is 0.737. The molecule has 1 amide bonds. The van der Waals surface area contributed by atoms with Crippen molar-refractivity contribution >= 4 is 15.9 Å². The lowest BCUT2D eigenvalue weighted by Crippen LogP contribution is -2.36. The summed E-state index contributed by atoms with van der Waals surface area (Å²) >= 11 is 0. The fraction of sp³-hybridized carbons (Fsp3) is 0.389. The van der Waals surface area contributed by atoms with Crippen LogP contribution in [0.5, 0.6) is 5.75 Å². The Morgan fingerprint density at radius 2 is 2.07 bits per heavy atom. The molecule has 0 bridgehead atoms. The molecular weight excluding hydrogens is 370 g/mol. The third kappa shape index (κ3) is 4.49. The van der Waals surface area contributed by atoms with Gasteiger partial charge in [-0.05, 0) is 56.3 Å². The molecule has 3 N–H and O–H groups in total. The molecular formula is C18H23N3O5S. The minimum Gasteiger partial charge on any atom is -0.495 e. The second-order valence-electron chi connectivity index (χ2n) is 6.39. The van der Waals surface area contributed by atoms with Crippen LogP contribution in [0.1, 0.15) is 35.0 Å². The van der Waals surface area contributed by atoms with Crippen LogP contribution >= 0.6 is 0 Å². The number of furan rings is 1. The molecule has 1 atom stereocenters. The fourth-order valence-corrected chi connectivity index (χ4v) is 4.00. The Morgan fingerprint density at radius 3 is 2.67 bits per heavy atom. The second kappa shape index (κ2) is 8.12. The van der Waals surface area contributed by atoms with E-state index in [9.17, 15) is 13.2 Å². The molecule has 27 heavy (non-hydrogen) atoms. The van der Waals surface area contributed by atoms with Crippen molar-refractivity contribution < 1.29 is 22.4 Å². The van der Waals surface area contributed by atoms with E-state index in [0.717, 1.165) is 31.7 Å². The van der Waals surface area contributed by atoms with Crippen LogP contribution in [-0.2, 0) is 10.0 Å². The molecule has 1 aliphatic rings. The lowest BCUT2D eigenvalue weighted by molar-refractivity contribution is 0.0933. The molecule has 0 saturated carbocycles. The zero-order valence-electron chi connectivity index (χ0n) is 15.1. The molecule has 1 aromatic heterocycles. The first-order chi connectivity index (χ1) is 12.9. The average molecular weight is 393 g/mol. The zero-order valence-corrected chi connectivity index (χ0v) is 15.9. The van der Waals surface area contributed by atoms with Crippen molar-refractivity contribution in [2.24, 2.45) is 5.14 Å². The van der Waals surface area contributed by atoms with Gasteiger partial charge in [0.2, 0.25) is 10.0 Å². The molecule has 2 aromatic rings. The minimum absolute atomic E-state index is 0.0672. The van der Waals surface area contributed by atoms with E-state index in [2.05, 4.69) is 10.2 Å². The van der Waals surface area contributed by atoms with Crippen LogP contribution in [0.15, 0.2) is 45.9 Å². The second-order valence-corrected chi connectivity index (χ2v) is 7.92. The number of ether oxygens (including phenoxy) is 1. The molecule has 1 aromatic carbocycles. The third-order valence-corrected chi connectivity index (χ3v) is 5.57. The summed E-state index contributed by atoms with van der Waals surface area (Å²) in [6.07, 6.45) is 3.84. The van der Waals surface area contributed by atoms with Gasteiger partial charge >= 0.3 is 0 Å². The summed E-state index contributed by atoms with van der Waals surface area (Å²) in [4.78, 5) is 14.6. The highest BCUT2D eigenvalue weighted by Crippen LogP contribution is 2.26. The number of benzene rings is 1. The van der Waals surface area contributed by atoms with Gasteiger partial charge in [0.1, 0.15) is 16.4 Å². The van der Waals surface area contributed by atoms with Crippen LogP contribution in [0.25, 0.3) is 0 Å². The largest absolute Gasteiger partial charge is 0.495 e. The van der Waals surface area contributed by atoms with Crippen LogP contribution in [0, 0.1) is 0 Å². The number of likely N-dealkylation sites (tertiary alicyclic amines) is 1. The van der Waals surface area contributed by atoms with Gasteiger partial charge in [-0.3, -0.25) is 9.69 Å². The number of primary sulfonamides is 1. The van der Waals surface area contributed by atoms with Gasteiger partial charge < -0.3 is 14.5 Å². The van der Waals surface area contributed by atoms with Gasteiger partial charge in [0.15, 0.2) is 0 Å². The number of sulfonamides is 1. The van der Waals surface area contributed by atoms with Gasteiger partial charge in [-0.1, -0.05) is 0 Å². The Bertz CT molecular complexity index is 890. The van der Waals surface area contributed by atoms with Crippen molar-refractivity contribution in [3.8, 4) is 5.75 Å². The summed E-state index contributed by atoms with van der Waals surface area (Å²) in [5, 5.41) is 8.08. The Balaban J connectivity index is 1.76. The molecule has 1 aliphatic heterocycles. The fourth-order valence-electron chi connectivity index (χ4n) is 3.28. The number of amides is 1. The van der Waals surface area contributed by atoms with E-state index in [1.807, 2.05) is 12.1 Å². The summed E-state index contributed by atoms with van der Waals surface area (Å²) in [5.74, 6) is 0.495. The molecule has 1 unspecified atom stereocenters. The first kappa shape index (κ1) is 19.4. The highest BCUT2D eigenvalue weighted by atomic mass is 32.2. The molecule has 0 aliphatic carbocycles. The normalized spacial score (nSPS) is 16.2. The molecule has 3 rings (SSSR count). The van der Waals surface area contributed by atoms with E-state index in [1.165, 1.54) is 25.3 Å². The van der Waals surface area contributed by atoms with Crippen LogP contribution in [0.2, 0.25) is 0 Å². The lowest BCUT2D eigenvalue weighted by atomic mass is 10.1. The van der Waals surface area contributed by atoms with Crippen LogP contribution in [-0.4, -0.2) is 46.0 Å². The van der Waals surface area contributed by atoms with Crippen molar-refractivity contribution in [1.29, 1.82) is 0 Å². The number of carbonyl (C=O) groups is 1. The van der Waals surface area contributed by atoms with E-state index in [0.29, 0.717) is 6.54 Å². The van der Waals surface area contributed by atoms with Crippen LogP contribution in [0.3, 0.4) is 0 Å². The maximum absolute atomic E-state index is 12.6. The summed E-state index contributed by atoms with van der Waals surface area (Å²) in [6.45, 7) is 2.24. The Labute approximate surface area is 158 Å². The SMILES string of the molecule is COc1ccc(C(=O)NCC(c2ccco2)N2CCCC2)cc1S(N)(=O)=O. The number of carbonyl (C=O) groups excluding carboxylic acids is 1. The number of hydrogen-bond donors (Lipinski definition) is 2. The van der Waals surface area contributed by atoms with E-state index < -0.39 is 15.9 Å². The minimum atomic E-state index is -4.01. The topological polar surface area (TPSA) is 115 Å². The maximum Gasteiger partial charge on any atom is 0.251 e. The van der Waals surface area contributed by atoms with Crippen molar-refractivity contribution in [2.45, 2.75) is 23.8 Å². The highest BCUT2D eigenvalue weighted by Gasteiger charge is 2.26. The van der Waals surface area contributed by atoms with Crippen molar-refractivity contribution in [1.82, 2.24) is 10.2 Å². The predicted molar refractivity (Wildman–Crippen MR) is 99.0 cm³/mol. The van der Waals surface area contributed by atoms with E-state index >= 15 is 0 Å². The van der Waals surface area contributed by atoms with E-state index in [1.54, 1.807) is 6.26 Å². The van der Waals surface area contributed by atoms with Gasteiger partial charge in [0, 0.05) is 12.1 Å². The number of methoxy groups -OCH3 is 1. The lowest BCUT2D eigenvalue weighted by Gasteiger charge is -2.26. The predicted octanol–water partition coefficient (Wildman–Crippen LogP) is 1.50. The Kier molecular flexibility index (Phi) is 5.83. The van der Waals surface area contributed by atoms with Gasteiger partial charge in [0.05, 0.1) is 19.4 Å². The number of nitrogens with zero attached hydrogens (tertiary/aromatic N) is 1. The van der Waals surface area contributed by atoms with E-state index in [-0.39, 0.29) is 22.3 Å². The molecule has 0 radical (unpaired) electrons. The molecule has 1 saturated heterocycles. The smallest absolute Gasteiger partial charge is 0.251 e. The Hall–Kier alpha value is -2.36. The maximum atomic E-state index is 12.6. The number of nitrogens with two attached hydrogens (primary N) is 1. The average Bonchev–Trinajstić information content (AvgIpc) is 3.35. The summed E-state index contributed by atoms with van der Waals surface area (Å²) in [7, 11) is -2.67. The third-order valence-electron chi connectivity index (χ3n) is 4.64. The van der Waals surface area contributed by atoms with Gasteiger partial charge in [-0.2, -0.15) is 0 Å². The van der Waals surface area contributed by atoms with Crippen LogP contribution in [0.4, 0.5) is 0 Å². The molecule has 9 heteroatoms. The molecule has 146 valence electrons. The van der Waals surface area contributed by atoms with Crippen molar-refractivity contribution in [3.05, 3.63) is 47.9 Å². The van der Waals surface area contributed by atoms with Crippen molar-refractivity contribution in [3.63, 3.8) is 0 Å². The number of rotatable bonds is 7. The Morgan fingerprint density at radius 1 is 1.33 bits per heavy atom. The molecule has 2 heterocycles. The van der Waals surface area contributed by atoms with Gasteiger partial charge in [-0.15, -0.1) is 0 Å². The first-order valence-electron chi connectivity index (χ1n) is 8.66. The van der Waals surface area contributed by atoms with Gasteiger partial charge in [0.25, 0.3) is 5.91 Å². The summed E-state index contributed by atoms with van der Waals surface area (Å²) in [6, 6.07) is 7.78. The van der Waals surface area contributed by atoms with E-state index in [4.69, 9.17) is 14.3 Å². The van der Waals surface area contributed by atoms with Gasteiger partial charge in [-0.25, -0.2) is 13.6 Å². The van der Waals surface area contributed by atoms with Crippen molar-refractivity contribution in [2.75, 3.05) is 26.7 Å². The highest BCUT2D eigenvalue weighted by molar-refractivity contribution is 7.89. The standard InChI is InChI=1S/C18H23N3O5S/c1-25-16-7-6-13(11-17(16)27(19,23)24)18(22)20-12-14(15-5-4-10-26-15)21-8-2-3-9-21/h4-7,10-11,14H,2-3,8-9,12H2,1H3,(H,20,22)(H2,19,23,24). The van der Waals surface area contributed by atoms with Crippen LogP contribution < -0.4 is 15.2 Å². The molecule has 8 nitrogen and oxygen atoms in total. The summed E-state index contributed by atoms with van der Waals surface area (Å²) < 4.78 is 34.0. The number of nitrogens with one attached hydrogen (secondary N) is 1. The first-order valence-corrected chi connectivity index (χ1v) is 10.2. The zero-order chi connectivity index (χ0) is 19.4. The monoisotopic (exact) mass is 393 g/mol.